The standard InChI is InChI=1S/C20H21NO3S/c1-25-11-10-14(12-22)21-20(23)24-13-19-17-8-4-2-6-15(17)16-7-3-5-9-18(16)19/h2-9,12,14,19H,10-11,13H2,1H3,(H,21,23)/t14-/m0/s1. The average Bonchev–Trinajstić information content (AvgIpc) is 2.97. The molecule has 0 unspecified atom stereocenters. The van der Waals surface area contributed by atoms with Gasteiger partial charge in [0.25, 0.3) is 0 Å². The Morgan fingerprint density at radius 1 is 1.16 bits per heavy atom. The zero-order chi connectivity index (χ0) is 17.6. The lowest BCUT2D eigenvalue weighted by molar-refractivity contribution is -0.109. The number of alkyl carbamates (subject to hydrolysis) is 1. The molecule has 0 saturated carbocycles. The molecule has 0 fully saturated rings. The van der Waals surface area contributed by atoms with Gasteiger partial charge in [-0.15, -0.1) is 0 Å². The van der Waals surface area contributed by atoms with Crippen LogP contribution in [-0.2, 0) is 9.53 Å². The van der Waals surface area contributed by atoms with E-state index in [9.17, 15) is 9.59 Å². The maximum Gasteiger partial charge on any atom is 0.407 e. The van der Waals surface area contributed by atoms with E-state index in [4.69, 9.17) is 4.74 Å². The van der Waals surface area contributed by atoms with Gasteiger partial charge in [-0.1, -0.05) is 48.5 Å². The average molecular weight is 355 g/mol. The van der Waals surface area contributed by atoms with Crippen LogP contribution < -0.4 is 5.32 Å². The Morgan fingerprint density at radius 2 is 1.76 bits per heavy atom. The van der Waals surface area contributed by atoms with Gasteiger partial charge in [0.1, 0.15) is 12.9 Å². The predicted molar refractivity (Wildman–Crippen MR) is 101 cm³/mol. The molecule has 1 amide bonds. The summed E-state index contributed by atoms with van der Waals surface area (Å²) in [5.41, 5.74) is 4.73. The summed E-state index contributed by atoms with van der Waals surface area (Å²) in [5.74, 6) is 0.839. The minimum atomic E-state index is -0.542. The molecule has 0 heterocycles. The van der Waals surface area contributed by atoms with Crippen molar-refractivity contribution in [1.82, 2.24) is 5.32 Å². The van der Waals surface area contributed by atoms with Crippen molar-refractivity contribution in [2.45, 2.75) is 18.4 Å². The third-order valence-corrected chi connectivity index (χ3v) is 5.09. The molecule has 5 heteroatoms. The molecule has 1 N–H and O–H groups in total. The van der Waals surface area contributed by atoms with E-state index in [2.05, 4.69) is 29.6 Å². The van der Waals surface area contributed by atoms with Gasteiger partial charge in [0.2, 0.25) is 0 Å². The van der Waals surface area contributed by atoms with E-state index in [0.29, 0.717) is 6.42 Å². The van der Waals surface area contributed by atoms with Crippen molar-refractivity contribution in [2.75, 3.05) is 18.6 Å². The highest BCUT2D eigenvalue weighted by Crippen LogP contribution is 2.44. The molecule has 1 aliphatic rings. The summed E-state index contributed by atoms with van der Waals surface area (Å²) in [5, 5.41) is 2.63. The fraction of sp³-hybridized carbons (Fsp3) is 0.300. The molecular formula is C20H21NO3S. The number of aldehydes is 1. The first-order valence-corrected chi connectivity index (χ1v) is 9.69. The lowest BCUT2D eigenvalue weighted by Gasteiger charge is -2.16. The first-order chi connectivity index (χ1) is 12.2. The van der Waals surface area contributed by atoms with Crippen molar-refractivity contribution in [3.63, 3.8) is 0 Å². The highest BCUT2D eigenvalue weighted by molar-refractivity contribution is 7.98. The Bertz CT molecular complexity index is 717. The predicted octanol–water partition coefficient (Wildman–Crippen LogP) is 3.85. The van der Waals surface area contributed by atoms with Gasteiger partial charge in [-0.25, -0.2) is 4.79 Å². The molecule has 2 aromatic carbocycles. The maximum atomic E-state index is 12.1. The topological polar surface area (TPSA) is 55.4 Å². The Kier molecular flexibility index (Phi) is 5.76. The monoisotopic (exact) mass is 355 g/mol. The molecule has 1 aliphatic carbocycles. The smallest absolute Gasteiger partial charge is 0.407 e. The Morgan fingerprint density at radius 3 is 2.32 bits per heavy atom. The van der Waals surface area contributed by atoms with Crippen LogP contribution >= 0.6 is 11.8 Å². The number of carbonyl (C=O) groups excluding carboxylic acids is 2. The molecule has 0 spiro atoms. The van der Waals surface area contributed by atoms with E-state index >= 15 is 0 Å². The number of rotatable bonds is 7. The number of ether oxygens (including phenoxy) is 1. The molecule has 2 aromatic rings. The number of nitrogens with one attached hydrogen (secondary N) is 1. The maximum absolute atomic E-state index is 12.1. The molecule has 0 bridgehead atoms. The van der Waals surface area contributed by atoms with E-state index in [-0.39, 0.29) is 12.5 Å². The number of hydrogen-bond donors (Lipinski definition) is 1. The van der Waals surface area contributed by atoms with Gasteiger partial charge >= 0.3 is 6.09 Å². The number of carbonyl (C=O) groups is 2. The van der Waals surface area contributed by atoms with Gasteiger partial charge in [0.15, 0.2) is 0 Å². The quantitative estimate of drug-likeness (QED) is 0.767. The summed E-state index contributed by atoms with van der Waals surface area (Å²) in [7, 11) is 0. The normalized spacial score (nSPS) is 13.6. The fourth-order valence-corrected chi connectivity index (χ4v) is 3.70. The van der Waals surface area contributed by atoms with Crippen LogP contribution in [0.25, 0.3) is 11.1 Å². The first-order valence-electron chi connectivity index (χ1n) is 8.30. The van der Waals surface area contributed by atoms with Crippen LogP contribution in [0.4, 0.5) is 4.79 Å². The number of hydrogen-bond acceptors (Lipinski definition) is 4. The van der Waals surface area contributed by atoms with Gasteiger partial charge in [-0.3, -0.25) is 0 Å². The van der Waals surface area contributed by atoms with E-state index in [1.54, 1.807) is 11.8 Å². The second-order valence-electron chi connectivity index (χ2n) is 5.99. The number of fused-ring (bicyclic) bond motifs is 3. The SMILES string of the molecule is CSCC[C@@H](C=O)NC(=O)OCC1c2ccccc2-c2ccccc21. The lowest BCUT2D eigenvalue weighted by Crippen LogP contribution is -2.37. The van der Waals surface area contributed by atoms with Crippen LogP contribution in [0.15, 0.2) is 48.5 Å². The minimum Gasteiger partial charge on any atom is -0.449 e. The minimum absolute atomic E-state index is 0.0269. The molecule has 0 aromatic heterocycles. The van der Waals surface area contributed by atoms with Gasteiger partial charge in [0, 0.05) is 5.92 Å². The van der Waals surface area contributed by atoms with Crippen molar-refractivity contribution in [3.05, 3.63) is 59.7 Å². The zero-order valence-electron chi connectivity index (χ0n) is 14.1. The van der Waals surface area contributed by atoms with Crippen molar-refractivity contribution in [3.8, 4) is 11.1 Å². The molecule has 25 heavy (non-hydrogen) atoms. The van der Waals surface area contributed by atoms with Gasteiger partial charge in [0.05, 0.1) is 6.04 Å². The number of benzene rings is 2. The Hall–Kier alpha value is -2.27. The fourth-order valence-electron chi connectivity index (χ4n) is 3.21. The number of amides is 1. The molecule has 0 saturated heterocycles. The Balaban J connectivity index is 1.67. The highest BCUT2D eigenvalue weighted by Gasteiger charge is 2.29. The summed E-state index contributed by atoms with van der Waals surface area (Å²) in [6.07, 6.45) is 2.79. The largest absolute Gasteiger partial charge is 0.449 e. The van der Waals surface area contributed by atoms with E-state index in [0.717, 1.165) is 12.0 Å². The second kappa shape index (κ2) is 8.21. The summed E-state index contributed by atoms with van der Waals surface area (Å²) in [6, 6.07) is 15.9. The third-order valence-electron chi connectivity index (χ3n) is 4.44. The van der Waals surface area contributed by atoms with Gasteiger partial charge in [-0.2, -0.15) is 11.8 Å². The summed E-state index contributed by atoms with van der Waals surface area (Å²) in [4.78, 5) is 23.1. The van der Waals surface area contributed by atoms with Crippen molar-refractivity contribution in [2.24, 2.45) is 0 Å². The van der Waals surface area contributed by atoms with E-state index in [1.165, 1.54) is 22.3 Å². The van der Waals surface area contributed by atoms with Crippen LogP contribution in [0, 0.1) is 0 Å². The molecule has 0 aliphatic heterocycles. The van der Waals surface area contributed by atoms with Crippen molar-refractivity contribution in [1.29, 1.82) is 0 Å². The molecule has 3 rings (SSSR count). The Labute approximate surface area is 152 Å². The lowest BCUT2D eigenvalue weighted by atomic mass is 9.98. The van der Waals surface area contributed by atoms with Gasteiger partial charge in [-0.05, 0) is 40.7 Å². The summed E-state index contributed by atoms with van der Waals surface area (Å²) in [6.45, 7) is 0.258. The second-order valence-corrected chi connectivity index (χ2v) is 6.98. The van der Waals surface area contributed by atoms with Crippen LogP contribution in [0.3, 0.4) is 0 Å². The van der Waals surface area contributed by atoms with Crippen LogP contribution in [0.5, 0.6) is 0 Å². The third kappa shape index (κ3) is 3.87. The van der Waals surface area contributed by atoms with Crippen LogP contribution in [0.2, 0.25) is 0 Å². The summed E-state index contributed by atoms with van der Waals surface area (Å²) < 4.78 is 5.44. The number of thioether (sulfide) groups is 1. The molecule has 1 atom stereocenters. The molecule has 0 radical (unpaired) electrons. The zero-order valence-corrected chi connectivity index (χ0v) is 14.9. The van der Waals surface area contributed by atoms with Crippen molar-refractivity contribution >= 4 is 24.1 Å². The van der Waals surface area contributed by atoms with Crippen LogP contribution in [-0.4, -0.2) is 37.0 Å². The van der Waals surface area contributed by atoms with E-state index in [1.807, 2.05) is 30.5 Å². The molecule has 4 nitrogen and oxygen atoms in total. The van der Waals surface area contributed by atoms with Crippen molar-refractivity contribution < 1.29 is 14.3 Å². The van der Waals surface area contributed by atoms with Crippen LogP contribution in [0.1, 0.15) is 23.5 Å². The van der Waals surface area contributed by atoms with E-state index < -0.39 is 12.1 Å². The highest BCUT2D eigenvalue weighted by atomic mass is 32.2. The molecule has 130 valence electrons. The summed E-state index contributed by atoms with van der Waals surface area (Å²) >= 11 is 1.64. The molecular weight excluding hydrogens is 334 g/mol. The van der Waals surface area contributed by atoms with Gasteiger partial charge < -0.3 is 14.8 Å². The first kappa shape index (κ1) is 17.5.